The number of likely N-dealkylation sites (tertiary alicyclic amines) is 1. The van der Waals surface area contributed by atoms with Gasteiger partial charge in [-0.25, -0.2) is 0 Å². The minimum absolute atomic E-state index is 0.351. The third-order valence-electron chi connectivity index (χ3n) is 4.98. The van der Waals surface area contributed by atoms with Crippen LogP contribution in [-0.4, -0.2) is 52.7 Å². The van der Waals surface area contributed by atoms with Gasteiger partial charge in [-0.05, 0) is 45.5 Å². The zero-order valence-corrected chi connectivity index (χ0v) is 16.0. The van der Waals surface area contributed by atoms with Crippen LogP contribution in [0.4, 0.5) is 0 Å². The van der Waals surface area contributed by atoms with Gasteiger partial charge in [0, 0.05) is 48.2 Å². The highest BCUT2D eigenvalue weighted by Crippen LogP contribution is 2.35. The highest BCUT2D eigenvalue weighted by molar-refractivity contribution is 7.10. The van der Waals surface area contributed by atoms with E-state index in [-0.39, 0.29) is 5.91 Å². The summed E-state index contributed by atoms with van der Waals surface area (Å²) in [6.45, 7) is 3.00. The van der Waals surface area contributed by atoms with E-state index in [0.29, 0.717) is 17.5 Å². The van der Waals surface area contributed by atoms with Gasteiger partial charge in [0.1, 0.15) is 0 Å². The molecule has 0 radical (unpaired) electrons. The van der Waals surface area contributed by atoms with Crippen LogP contribution in [0, 0.1) is 5.92 Å². The molecule has 1 saturated heterocycles. The van der Waals surface area contributed by atoms with Crippen molar-refractivity contribution in [3.8, 4) is 0 Å². The van der Waals surface area contributed by atoms with Crippen LogP contribution in [-0.2, 0) is 13.6 Å². The third-order valence-corrected chi connectivity index (χ3v) is 5.91. The van der Waals surface area contributed by atoms with E-state index in [4.69, 9.17) is 5.73 Å². The zero-order chi connectivity index (χ0) is 18.0. The van der Waals surface area contributed by atoms with Crippen LogP contribution in [0.2, 0.25) is 0 Å². The standard InChI is InChI=1S/C18H27N5OS/c1-21(11-16-7-14(12-25-16)18(19)24)9-13-5-4-6-22(2)17(13)15-8-20-23(3)10-15/h7-8,10,12-13,17H,4-6,9,11H2,1-3H3,(H2,19,24)/t13-,17+/m0/s1. The normalized spacial score (nSPS) is 21.8. The Morgan fingerprint density at radius 2 is 2.28 bits per heavy atom. The minimum atomic E-state index is -0.351. The molecule has 1 aliphatic rings. The highest BCUT2D eigenvalue weighted by atomic mass is 32.1. The van der Waals surface area contributed by atoms with E-state index in [1.165, 1.54) is 23.3 Å². The van der Waals surface area contributed by atoms with E-state index in [9.17, 15) is 4.79 Å². The maximum atomic E-state index is 11.3. The lowest BCUT2D eigenvalue weighted by Gasteiger charge is -2.40. The Morgan fingerprint density at radius 1 is 1.48 bits per heavy atom. The Labute approximate surface area is 153 Å². The average molecular weight is 362 g/mol. The van der Waals surface area contributed by atoms with Gasteiger partial charge in [-0.15, -0.1) is 11.3 Å². The minimum Gasteiger partial charge on any atom is -0.366 e. The molecule has 0 spiro atoms. The number of thiophene rings is 1. The molecule has 0 bridgehead atoms. The second-order valence-electron chi connectivity index (χ2n) is 7.14. The summed E-state index contributed by atoms with van der Waals surface area (Å²) in [5.41, 5.74) is 7.26. The van der Waals surface area contributed by atoms with E-state index in [0.717, 1.165) is 19.6 Å². The molecule has 2 aromatic heterocycles. The monoisotopic (exact) mass is 361 g/mol. The molecule has 3 heterocycles. The number of amides is 1. The van der Waals surface area contributed by atoms with Crippen molar-refractivity contribution < 1.29 is 4.79 Å². The Hall–Kier alpha value is -1.70. The molecule has 25 heavy (non-hydrogen) atoms. The summed E-state index contributed by atoms with van der Waals surface area (Å²) in [6.07, 6.45) is 6.59. The Morgan fingerprint density at radius 3 is 2.92 bits per heavy atom. The number of nitrogens with two attached hydrogens (primary N) is 1. The fraction of sp³-hybridized carbons (Fsp3) is 0.556. The van der Waals surface area contributed by atoms with Gasteiger partial charge < -0.3 is 10.6 Å². The van der Waals surface area contributed by atoms with Crippen LogP contribution in [0.1, 0.15) is 39.7 Å². The number of primary amides is 1. The van der Waals surface area contributed by atoms with Crippen molar-refractivity contribution in [3.63, 3.8) is 0 Å². The molecule has 1 fully saturated rings. The summed E-state index contributed by atoms with van der Waals surface area (Å²) in [7, 11) is 6.33. The average Bonchev–Trinajstić information content (AvgIpc) is 3.16. The Kier molecular flexibility index (Phi) is 5.56. The maximum absolute atomic E-state index is 11.3. The molecule has 0 unspecified atom stereocenters. The number of rotatable bonds is 6. The lowest BCUT2D eigenvalue weighted by atomic mass is 9.86. The summed E-state index contributed by atoms with van der Waals surface area (Å²) in [5, 5.41) is 6.21. The second-order valence-corrected chi connectivity index (χ2v) is 8.13. The topological polar surface area (TPSA) is 67.4 Å². The van der Waals surface area contributed by atoms with E-state index in [1.54, 1.807) is 11.3 Å². The predicted molar refractivity (Wildman–Crippen MR) is 100 cm³/mol. The number of piperidine rings is 1. The van der Waals surface area contributed by atoms with E-state index in [2.05, 4.69) is 35.2 Å². The molecule has 7 heteroatoms. The van der Waals surface area contributed by atoms with Gasteiger partial charge in [0.15, 0.2) is 0 Å². The molecule has 0 saturated carbocycles. The van der Waals surface area contributed by atoms with Crippen molar-refractivity contribution in [2.75, 3.05) is 27.2 Å². The second kappa shape index (κ2) is 7.68. The first-order chi connectivity index (χ1) is 11.9. The van der Waals surface area contributed by atoms with Crippen LogP contribution >= 0.6 is 11.3 Å². The van der Waals surface area contributed by atoms with Gasteiger partial charge in [0.25, 0.3) is 0 Å². The molecule has 0 aromatic carbocycles. The molecule has 1 amide bonds. The van der Waals surface area contributed by atoms with Crippen LogP contribution < -0.4 is 5.73 Å². The van der Waals surface area contributed by atoms with Gasteiger partial charge in [-0.2, -0.15) is 5.10 Å². The van der Waals surface area contributed by atoms with Gasteiger partial charge >= 0.3 is 0 Å². The molecule has 2 atom stereocenters. The summed E-state index contributed by atoms with van der Waals surface area (Å²) in [6, 6.07) is 2.32. The summed E-state index contributed by atoms with van der Waals surface area (Å²) < 4.78 is 1.88. The first-order valence-corrected chi connectivity index (χ1v) is 9.56. The third kappa shape index (κ3) is 4.29. The fourth-order valence-corrected chi connectivity index (χ4v) is 4.85. The van der Waals surface area contributed by atoms with E-state index in [1.807, 2.05) is 29.4 Å². The maximum Gasteiger partial charge on any atom is 0.249 e. The van der Waals surface area contributed by atoms with E-state index < -0.39 is 0 Å². The Balaban J connectivity index is 1.67. The predicted octanol–water partition coefficient (Wildman–Crippen LogP) is 2.10. The van der Waals surface area contributed by atoms with Crippen molar-refractivity contribution in [1.29, 1.82) is 0 Å². The molecule has 3 rings (SSSR count). The van der Waals surface area contributed by atoms with Crippen LogP contribution in [0.15, 0.2) is 23.8 Å². The lowest BCUT2D eigenvalue weighted by Crippen LogP contribution is -2.40. The molecule has 0 aliphatic carbocycles. The number of aryl methyl sites for hydroxylation is 1. The van der Waals surface area contributed by atoms with Crippen molar-refractivity contribution in [3.05, 3.63) is 39.8 Å². The van der Waals surface area contributed by atoms with Gasteiger partial charge in [-0.3, -0.25) is 14.4 Å². The first kappa shape index (κ1) is 18.1. The van der Waals surface area contributed by atoms with E-state index >= 15 is 0 Å². The van der Waals surface area contributed by atoms with Crippen LogP contribution in [0.5, 0.6) is 0 Å². The molecule has 2 N–H and O–H groups in total. The van der Waals surface area contributed by atoms with Gasteiger partial charge in [-0.1, -0.05) is 0 Å². The smallest absolute Gasteiger partial charge is 0.249 e. The van der Waals surface area contributed by atoms with Gasteiger partial charge in [0.05, 0.1) is 11.8 Å². The van der Waals surface area contributed by atoms with Gasteiger partial charge in [0.2, 0.25) is 5.91 Å². The summed E-state index contributed by atoms with van der Waals surface area (Å²) >= 11 is 1.60. The highest BCUT2D eigenvalue weighted by Gasteiger charge is 2.32. The largest absolute Gasteiger partial charge is 0.366 e. The van der Waals surface area contributed by atoms with Crippen molar-refractivity contribution in [1.82, 2.24) is 19.6 Å². The summed E-state index contributed by atoms with van der Waals surface area (Å²) in [4.78, 5) is 17.2. The summed E-state index contributed by atoms with van der Waals surface area (Å²) in [5.74, 6) is 0.222. The number of nitrogens with zero attached hydrogens (tertiary/aromatic N) is 4. The van der Waals surface area contributed by atoms with Crippen LogP contribution in [0.3, 0.4) is 0 Å². The molecular formula is C18H27N5OS. The first-order valence-electron chi connectivity index (χ1n) is 8.68. The Bertz CT molecular complexity index is 725. The van der Waals surface area contributed by atoms with Crippen LogP contribution in [0.25, 0.3) is 0 Å². The molecule has 1 aliphatic heterocycles. The zero-order valence-electron chi connectivity index (χ0n) is 15.2. The lowest BCUT2D eigenvalue weighted by molar-refractivity contribution is 0.0928. The number of hydrogen-bond acceptors (Lipinski definition) is 5. The van der Waals surface area contributed by atoms with Crippen molar-refractivity contribution >= 4 is 17.2 Å². The number of carbonyl (C=O) groups is 1. The number of aromatic nitrogens is 2. The van der Waals surface area contributed by atoms with Crippen molar-refractivity contribution in [2.24, 2.45) is 18.7 Å². The molecule has 2 aromatic rings. The fourth-order valence-electron chi connectivity index (χ4n) is 3.89. The molecule has 6 nitrogen and oxygen atoms in total. The number of carbonyl (C=O) groups excluding carboxylic acids is 1. The number of hydrogen-bond donors (Lipinski definition) is 1. The molecular weight excluding hydrogens is 334 g/mol. The quantitative estimate of drug-likeness (QED) is 0.856. The van der Waals surface area contributed by atoms with Crippen molar-refractivity contribution in [2.45, 2.75) is 25.4 Å². The SMILES string of the molecule is CN(Cc1cc(C(N)=O)cs1)C[C@@H]1CCCN(C)[C@H]1c1cnn(C)c1. The molecule has 136 valence electrons.